The summed E-state index contributed by atoms with van der Waals surface area (Å²) in [7, 11) is 0. The van der Waals surface area contributed by atoms with E-state index in [9.17, 15) is 9.59 Å². The summed E-state index contributed by atoms with van der Waals surface area (Å²) in [6.45, 7) is 7.53. The Morgan fingerprint density at radius 2 is 1.78 bits per heavy atom. The molecule has 0 spiro atoms. The number of nitrogens with one attached hydrogen (secondary N) is 2. The predicted molar refractivity (Wildman–Crippen MR) is 104 cm³/mol. The number of pyridine rings is 1. The minimum absolute atomic E-state index is 0.284. The van der Waals surface area contributed by atoms with Crippen LogP contribution in [0.5, 0.6) is 0 Å². The third-order valence-corrected chi connectivity index (χ3v) is 3.68. The van der Waals surface area contributed by atoms with E-state index < -0.39 is 17.7 Å². The Balaban J connectivity index is 2.05. The molecule has 0 fully saturated rings. The average Bonchev–Trinajstić information content (AvgIpc) is 2.58. The average molecular weight is 369 g/mol. The van der Waals surface area contributed by atoms with Gasteiger partial charge in [0.25, 0.3) is 0 Å². The lowest BCUT2D eigenvalue weighted by atomic mass is 10.1. The molecule has 0 saturated carbocycles. The molecular weight excluding hydrogens is 342 g/mol. The van der Waals surface area contributed by atoms with Gasteiger partial charge in [0.2, 0.25) is 5.91 Å². The summed E-state index contributed by atoms with van der Waals surface area (Å²) in [5.74, 6) is -0.284. The predicted octanol–water partition coefficient (Wildman–Crippen LogP) is 3.14. The van der Waals surface area contributed by atoms with Crippen LogP contribution in [0.3, 0.4) is 0 Å². The second-order valence-electron chi connectivity index (χ2n) is 7.38. The quantitative estimate of drug-likeness (QED) is 0.820. The van der Waals surface area contributed by atoms with Gasteiger partial charge in [0.15, 0.2) is 0 Å². The van der Waals surface area contributed by atoms with Crippen molar-refractivity contribution < 1.29 is 14.3 Å². The molecule has 27 heavy (non-hydrogen) atoms. The van der Waals surface area contributed by atoms with Gasteiger partial charge >= 0.3 is 6.09 Å². The number of nitrogens with zero attached hydrogens (tertiary/aromatic N) is 1. The van der Waals surface area contributed by atoms with E-state index >= 15 is 0 Å². The van der Waals surface area contributed by atoms with Gasteiger partial charge in [0.05, 0.1) is 12.2 Å². The maximum Gasteiger partial charge on any atom is 0.408 e. The minimum atomic E-state index is -0.743. The number of benzene rings is 1. The van der Waals surface area contributed by atoms with E-state index in [-0.39, 0.29) is 5.91 Å². The Kier molecular flexibility index (Phi) is 6.93. The van der Waals surface area contributed by atoms with Gasteiger partial charge in [-0.3, -0.25) is 9.78 Å². The number of aryl methyl sites for hydroxylation is 1. The number of ether oxygens (including phenoxy) is 1. The summed E-state index contributed by atoms with van der Waals surface area (Å²) in [6, 6.07) is 14.4. The second kappa shape index (κ2) is 9.16. The van der Waals surface area contributed by atoms with E-state index in [1.165, 1.54) is 0 Å². The highest BCUT2D eigenvalue weighted by Crippen LogP contribution is 2.09. The van der Waals surface area contributed by atoms with E-state index in [0.717, 1.165) is 17.0 Å². The smallest absolute Gasteiger partial charge is 0.408 e. The monoisotopic (exact) mass is 369 g/mol. The Bertz CT molecular complexity index is 770. The van der Waals surface area contributed by atoms with Crippen LogP contribution in [0.25, 0.3) is 0 Å². The number of hydrogen-bond donors (Lipinski definition) is 2. The standard InChI is InChI=1S/C21H27N3O3/c1-15-9-8-12-17(23-15)14-22-19(25)18(13-16-10-6-5-7-11-16)24-20(26)27-21(2,3)4/h5-12,18H,13-14H2,1-4H3,(H,22,25)(H,24,26). The molecule has 0 aliphatic carbocycles. The van der Waals surface area contributed by atoms with Crippen molar-refractivity contribution in [2.75, 3.05) is 0 Å². The Hall–Kier alpha value is -2.89. The Morgan fingerprint density at radius 3 is 2.41 bits per heavy atom. The van der Waals surface area contributed by atoms with Crippen molar-refractivity contribution in [3.8, 4) is 0 Å². The molecule has 0 saturated heterocycles. The molecule has 2 amide bonds. The highest BCUT2D eigenvalue weighted by molar-refractivity contribution is 5.86. The van der Waals surface area contributed by atoms with Crippen LogP contribution in [-0.2, 0) is 22.5 Å². The Labute approximate surface area is 160 Å². The summed E-state index contributed by atoms with van der Waals surface area (Å²) < 4.78 is 5.29. The van der Waals surface area contributed by atoms with Gasteiger partial charge in [-0.25, -0.2) is 4.79 Å². The van der Waals surface area contributed by atoms with Gasteiger partial charge in [-0.05, 0) is 45.4 Å². The van der Waals surface area contributed by atoms with Gasteiger partial charge in [0, 0.05) is 12.1 Å². The van der Waals surface area contributed by atoms with Gasteiger partial charge in [0.1, 0.15) is 11.6 Å². The molecule has 1 aromatic heterocycles. The van der Waals surface area contributed by atoms with Crippen LogP contribution < -0.4 is 10.6 Å². The van der Waals surface area contributed by atoms with E-state index in [4.69, 9.17) is 4.74 Å². The summed E-state index contributed by atoms with van der Waals surface area (Å²) in [4.78, 5) is 29.2. The lowest BCUT2D eigenvalue weighted by Crippen LogP contribution is -2.49. The maximum atomic E-state index is 12.7. The van der Waals surface area contributed by atoms with Crippen molar-refractivity contribution in [3.05, 3.63) is 65.5 Å². The van der Waals surface area contributed by atoms with Crippen LogP contribution in [-0.4, -0.2) is 28.6 Å². The highest BCUT2D eigenvalue weighted by atomic mass is 16.6. The van der Waals surface area contributed by atoms with E-state index in [1.54, 1.807) is 20.8 Å². The second-order valence-corrected chi connectivity index (χ2v) is 7.38. The van der Waals surface area contributed by atoms with Crippen LogP contribution in [0, 0.1) is 6.92 Å². The lowest BCUT2D eigenvalue weighted by molar-refractivity contribution is -0.123. The van der Waals surface area contributed by atoms with Crippen molar-refractivity contribution in [2.45, 2.75) is 52.3 Å². The summed E-state index contributed by atoms with van der Waals surface area (Å²) in [5, 5.41) is 5.52. The molecule has 1 aromatic carbocycles. The number of carbonyl (C=O) groups is 2. The number of carbonyl (C=O) groups excluding carboxylic acids is 2. The normalized spacial score (nSPS) is 12.1. The first-order chi connectivity index (χ1) is 12.7. The fourth-order valence-corrected chi connectivity index (χ4v) is 2.51. The molecule has 144 valence electrons. The van der Waals surface area contributed by atoms with Crippen molar-refractivity contribution >= 4 is 12.0 Å². The van der Waals surface area contributed by atoms with Crippen LogP contribution >= 0.6 is 0 Å². The molecular formula is C21H27N3O3. The number of rotatable bonds is 6. The molecule has 0 aliphatic heterocycles. The van der Waals surface area contributed by atoms with Gasteiger partial charge < -0.3 is 15.4 Å². The molecule has 0 radical (unpaired) electrons. The van der Waals surface area contributed by atoms with Crippen molar-refractivity contribution in [3.63, 3.8) is 0 Å². The third kappa shape index (κ3) is 7.48. The van der Waals surface area contributed by atoms with E-state index in [1.807, 2.05) is 55.5 Å². The van der Waals surface area contributed by atoms with Crippen molar-refractivity contribution in [1.29, 1.82) is 0 Å². The topological polar surface area (TPSA) is 80.3 Å². The zero-order valence-corrected chi connectivity index (χ0v) is 16.3. The van der Waals surface area contributed by atoms with Crippen molar-refractivity contribution in [1.82, 2.24) is 15.6 Å². The van der Waals surface area contributed by atoms with E-state index in [2.05, 4.69) is 15.6 Å². The third-order valence-electron chi connectivity index (χ3n) is 3.68. The van der Waals surface area contributed by atoms with Crippen LogP contribution in [0.4, 0.5) is 4.79 Å². The molecule has 1 atom stereocenters. The first-order valence-corrected chi connectivity index (χ1v) is 8.96. The molecule has 2 N–H and O–H groups in total. The molecule has 6 heteroatoms. The number of alkyl carbamates (subject to hydrolysis) is 1. The van der Waals surface area contributed by atoms with Gasteiger partial charge in [-0.1, -0.05) is 36.4 Å². The van der Waals surface area contributed by atoms with Crippen LogP contribution in [0.1, 0.15) is 37.7 Å². The first kappa shape index (κ1) is 20.4. The molecule has 2 rings (SSSR count). The van der Waals surface area contributed by atoms with Gasteiger partial charge in [-0.15, -0.1) is 0 Å². The number of hydrogen-bond acceptors (Lipinski definition) is 4. The largest absolute Gasteiger partial charge is 0.444 e. The van der Waals surface area contributed by atoms with Crippen LogP contribution in [0.15, 0.2) is 48.5 Å². The maximum absolute atomic E-state index is 12.7. The zero-order chi connectivity index (χ0) is 19.9. The molecule has 2 aromatic rings. The fourth-order valence-electron chi connectivity index (χ4n) is 2.51. The molecule has 1 unspecified atom stereocenters. The molecule has 0 aliphatic rings. The van der Waals surface area contributed by atoms with Crippen molar-refractivity contribution in [2.24, 2.45) is 0 Å². The minimum Gasteiger partial charge on any atom is -0.444 e. The summed E-state index contributed by atoms with van der Waals surface area (Å²) in [5.41, 5.74) is 1.96. The number of aromatic nitrogens is 1. The molecule has 0 bridgehead atoms. The zero-order valence-electron chi connectivity index (χ0n) is 16.3. The van der Waals surface area contributed by atoms with Gasteiger partial charge in [-0.2, -0.15) is 0 Å². The SMILES string of the molecule is Cc1cccc(CNC(=O)C(Cc2ccccc2)NC(=O)OC(C)(C)C)n1. The highest BCUT2D eigenvalue weighted by Gasteiger charge is 2.24. The van der Waals surface area contributed by atoms with Crippen LogP contribution in [0.2, 0.25) is 0 Å². The number of amides is 2. The summed E-state index contributed by atoms with van der Waals surface area (Å²) in [6.07, 6.45) is -0.250. The fraction of sp³-hybridized carbons (Fsp3) is 0.381. The first-order valence-electron chi connectivity index (χ1n) is 8.96. The summed E-state index contributed by atoms with van der Waals surface area (Å²) >= 11 is 0. The molecule has 1 heterocycles. The van der Waals surface area contributed by atoms with E-state index in [0.29, 0.717) is 13.0 Å². The molecule has 6 nitrogen and oxygen atoms in total. The Morgan fingerprint density at radius 1 is 1.07 bits per heavy atom. The lowest BCUT2D eigenvalue weighted by Gasteiger charge is -2.23.